The molecule has 3 amide bonds. The number of nitrogens with one attached hydrogen (secondary N) is 2. The number of carbonyl (C=O) groups is 3. The van der Waals surface area contributed by atoms with E-state index in [-0.39, 0.29) is 0 Å². The van der Waals surface area contributed by atoms with Gasteiger partial charge in [-0.15, -0.1) is 0 Å². The summed E-state index contributed by atoms with van der Waals surface area (Å²) in [5, 5.41) is 14.8. The molecule has 2 atom stereocenters. The number of aliphatic hydroxyl groups excluding tert-OH is 1. The second kappa shape index (κ2) is 12.0. The number of benzene rings is 1. The summed E-state index contributed by atoms with van der Waals surface area (Å²) in [6.45, 7) is 8.59. The van der Waals surface area contributed by atoms with E-state index in [1.807, 2.05) is 19.9 Å². The van der Waals surface area contributed by atoms with Gasteiger partial charge < -0.3 is 20.5 Å². The van der Waals surface area contributed by atoms with Crippen molar-refractivity contribution in [2.24, 2.45) is 0 Å². The lowest BCUT2D eigenvalue weighted by Gasteiger charge is -2.30. The van der Waals surface area contributed by atoms with Crippen LogP contribution in [0.15, 0.2) is 24.3 Å². The van der Waals surface area contributed by atoms with E-state index < -0.39 is 42.2 Å². The largest absolute Gasteiger partial charge is 0.444 e. The number of ether oxygens (including phenoxy) is 1. The minimum atomic E-state index is -1.37. The number of unbranched alkanes of at least 4 members (excludes halogenated alkanes) is 1. The SMILES string of the molecule is C#CN(C(=O)C(CO)NC(=O)OC(C)(C)C)C(C(=O)NCCCC)c1cccc(C)c1. The maximum Gasteiger partial charge on any atom is 0.408 e. The molecule has 0 spiro atoms. The standard InChI is InChI=1S/C23H33N3O5/c1-7-9-13-24-20(28)19(17-12-10-11-16(3)14-17)26(8-2)21(29)18(15-27)25-22(30)31-23(4,5)6/h2,10-12,14,18-19,27H,7,9,13,15H2,1,3-6H3,(H,24,28)(H,25,30). The van der Waals surface area contributed by atoms with Crippen molar-refractivity contribution in [2.75, 3.05) is 13.2 Å². The maximum absolute atomic E-state index is 13.1. The van der Waals surface area contributed by atoms with Gasteiger partial charge in [0, 0.05) is 12.6 Å². The van der Waals surface area contributed by atoms with Crippen molar-refractivity contribution in [3.05, 3.63) is 35.4 Å². The van der Waals surface area contributed by atoms with Gasteiger partial charge in [-0.25, -0.2) is 4.79 Å². The van der Waals surface area contributed by atoms with Crippen LogP contribution in [-0.2, 0) is 14.3 Å². The second-order valence-electron chi connectivity index (χ2n) is 8.18. The molecule has 0 bridgehead atoms. The van der Waals surface area contributed by atoms with Gasteiger partial charge in [0.25, 0.3) is 5.91 Å². The minimum Gasteiger partial charge on any atom is -0.444 e. The van der Waals surface area contributed by atoms with Crippen LogP contribution in [-0.4, -0.2) is 52.7 Å². The van der Waals surface area contributed by atoms with Gasteiger partial charge in [0.15, 0.2) is 0 Å². The summed E-state index contributed by atoms with van der Waals surface area (Å²) in [5.41, 5.74) is 0.621. The highest BCUT2D eigenvalue weighted by Crippen LogP contribution is 2.23. The Labute approximate surface area is 184 Å². The highest BCUT2D eigenvalue weighted by Gasteiger charge is 2.35. The molecule has 0 radical (unpaired) electrons. The fourth-order valence-electron chi connectivity index (χ4n) is 2.81. The highest BCUT2D eigenvalue weighted by molar-refractivity contribution is 5.93. The number of aryl methyl sites for hydroxylation is 1. The van der Waals surface area contributed by atoms with E-state index in [4.69, 9.17) is 11.2 Å². The van der Waals surface area contributed by atoms with E-state index in [1.165, 1.54) is 0 Å². The third-order valence-corrected chi connectivity index (χ3v) is 4.24. The van der Waals surface area contributed by atoms with Crippen molar-refractivity contribution in [3.63, 3.8) is 0 Å². The summed E-state index contributed by atoms with van der Waals surface area (Å²) in [4.78, 5) is 39.1. The number of amides is 3. The van der Waals surface area contributed by atoms with Crippen molar-refractivity contribution in [1.82, 2.24) is 15.5 Å². The van der Waals surface area contributed by atoms with E-state index in [9.17, 15) is 19.5 Å². The van der Waals surface area contributed by atoms with Crippen LogP contribution >= 0.6 is 0 Å². The Hall–Kier alpha value is -3.05. The van der Waals surface area contributed by atoms with Crippen molar-refractivity contribution in [2.45, 2.75) is 65.1 Å². The molecular weight excluding hydrogens is 398 g/mol. The van der Waals surface area contributed by atoms with Gasteiger partial charge in [-0.1, -0.05) is 49.6 Å². The molecule has 8 heteroatoms. The van der Waals surface area contributed by atoms with E-state index in [0.717, 1.165) is 23.3 Å². The summed E-state index contributed by atoms with van der Waals surface area (Å²) in [5.74, 6) is -1.24. The lowest BCUT2D eigenvalue weighted by atomic mass is 10.0. The zero-order valence-electron chi connectivity index (χ0n) is 18.9. The summed E-state index contributed by atoms with van der Waals surface area (Å²) in [6.07, 6.45) is 6.40. The maximum atomic E-state index is 13.1. The van der Waals surface area contributed by atoms with Gasteiger partial charge in [-0.3, -0.25) is 14.5 Å². The molecule has 0 aliphatic carbocycles. The molecule has 31 heavy (non-hydrogen) atoms. The summed E-state index contributed by atoms with van der Waals surface area (Å²) in [6, 6.07) is 6.83. The number of carbonyl (C=O) groups excluding carboxylic acids is 3. The highest BCUT2D eigenvalue weighted by atomic mass is 16.6. The molecule has 0 fully saturated rings. The number of hydrogen-bond acceptors (Lipinski definition) is 5. The van der Waals surface area contributed by atoms with Crippen molar-refractivity contribution in [1.29, 1.82) is 0 Å². The van der Waals surface area contributed by atoms with E-state index in [2.05, 4.69) is 16.7 Å². The van der Waals surface area contributed by atoms with Gasteiger partial charge in [0.05, 0.1) is 6.61 Å². The zero-order chi connectivity index (χ0) is 23.6. The molecule has 0 aliphatic rings. The average Bonchev–Trinajstić information content (AvgIpc) is 2.68. The number of hydrogen-bond donors (Lipinski definition) is 3. The van der Waals surface area contributed by atoms with Crippen LogP contribution in [0, 0.1) is 19.4 Å². The fourth-order valence-corrected chi connectivity index (χ4v) is 2.81. The number of alkyl carbamates (subject to hydrolysis) is 1. The molecule has 1 rings (SSSR count). The Morgan fingerprint density at radius 2 is 1.97 bits per heavy atom. The van der Waals surface area contributed by atoms with E-state index >= 15 is 0 Å². The molecule has 1 aromatic carbocycles. The van der Waals surface area contributed by atoms with Crippen LogP contribution in [0.25, 0.3) is 0 Å². The molecule has 1 aromatic rings. The summed E-state index contributed by atoms with van der Waals surface area (Å²) < 4.78 is 5.14. The van der Waals surface area contributed by atoms with Gasteiger partial charge in [-0.2, -0.15) is 0 Å². The van der Waals surface area contributed by atoms with E-state index in [1.54, 1.807) is 39.0 Å². The molecule has 0 saturated heterocycles. The first-order valence-electron chi connectivity index (χ1n) is 10.3. The number of nitrogens with zero attached hydrogens (tertiary/aromatic N) is 1. The first kappa shape index (κ1) is 26.0. The van der Waals surface area contributed by atoms with Crippen molar-refractivity contribution >= 4 is 17.9 Å². The molecule has 0 aliphatic heterocycles. The van der Waals surface area contributed by atoms with Crippen LogP contribution in [0.4, 0.5) is 4.79 Å². The molecule has 0 saturated carbocycles. The third-order valence-electron chi connectivity index (χ3n) is 4.24. The van der Waals surface area contributed by atoms with Crippen molar-refractivity contribution in [3.8, 4) is 12.5 Å². The predicted molar refractivity (Wildman–Crippen MR) is 118 cm³/mol. The Bertz CT molecular complexity index is 810. The molecule has 8 nitrogen and oxygen atoms in total. The third kappa shape index (κ3) is 8.30. The minimum absolute atomic E-state index is 0.434. The smallest absolute Gasteiger partial charge is 0.408 e. The average molecular weight is 432 g/mol. The Morgan fingerprint density at radius 3 is 2.48 bits per heavy atom. The van der Waals surface area contributed by atoms with Crippen LogP contribution in [0.3, 0.4) is 0 Å². The number of terminal acetylenes is 1. The lowest BCUT2D eigenvalue weighted by molar-refractivity contribution is -0.139. The first-order chi connectivity index (χ1) is 14.5. The summed E-state index contributed by atoms with van der Waals surface area (Å²) >= 11 is 0. The fraction of sp³-hybridized carbons (Fsp3) is 0.522. The Balaban J connectivity index is 3.20. The topological polar surface area (TPSA) is 108 Å². The van der Waals surface area contributed by atoms with Crippen molar-refractivity contribution < 1.29 is 24.2 Å². The van der Waals surface area contributed by atoms with Gasteiger partial charge >= 0.3 is 6.09 Å². The Morgan fingerprint density at radius 1 is 1.29 bits per heavy atom. The zero-order valence-corrected chi connectivity index (χ0v) is 18.9. The normalized spacial score (nSPS) is 12.8. The van der Waals surface area contributed by atoms with Crippen LogP contribution < -0.4 is 10.6 Å². The molecule has 170 valence electrons. The van der Waals surface area contributed by atoms with Crippen LogP contribution in [0.2, 0.25) is 0 Å². The lowest BCUT2D eigenvalue weighted by Crippen LogP contribution is -2.53. The number of aliphatic hydroxyl groups is 1. The molecule has 0 heterocycles. The predicted octanol–water partition coefficient (Wildman–Crippen LogP) is 2.26. The number of rotatable bonds is 9. The van der Waals surface area contributed by atoms with Crippen LogP contribution in [0.1, 0.15) is 57.7 Å². The first-order valence-corrected chi connectivity index (χ1v) is 10.3. The second-order valence-corrected chi connectivity index (χ2v) is 8.18. The Kier molecular flexibility index (Phi) is 10.0. The van der Waals surface area contributed by atoms with Gasteiger partial charge in [-0.05, 0) is 39.7 Å². The molecule has 2 unspecified atom stereocenters. The van der Waals surface area contributed by atoms with E-state index in [0.29, 0.717) is 12.1 Å². The quantitative estimate of drug-likeness (QED) is 0.316. The summed E-state index contributed by atoms with van der Waals surface area (Å²) in [7, 11) is 0. The molecule has 3 N–H and O–H groups in total. The van der Waals surface area contributed by atoms with Gasteiger partial charge in [0.1, 0.15) is 17.7 Å². The van der Waals surface area contributed by atoms with Gasteiger partial charge in [0.2, 0.25) is 5.91 Å². The monoisotopic (exact) mass is 431 g/mol. The molecule has 0 aromatic heterocycles. The van der Waals surface area contributed by atoms with Crippen LogP contribution in [0.5, 0.6) is 0 Å². The molecular formula is C23H33N3O5.